The number of rotatable bonds is 9. The first-order valence-electron chi connectivity index (χ1n) is 5.93. The molecule has 0 atom stereocenters. The molecule has 0 aliphatic rings. The van der Waals surface area contributed by atoms with E-state index in [9.17, 15) is 0 Å². The average Bonchev–Trinajstić information content (AvgIpc) is 2.72. The van der Waals surface area contributed by atoms with Crippen LogP contribution < -0.4 is 5.32 Å². The standard InChI is InChI=1S/C12H22N2O3/c1-10(2)6-13-8-12-14-7-11(17-12)9-16-5-4-15-3/h7,10,13H,4-6,8-9H2,1-3H3. The Balaban J connectivity index is 2.18. The van der Waals surface area contributed by atoms with Crippen LogP contribution in [0.2, 0.25) is 0 Å². The molecule has 0 bridgehead atoms. The molecule has 17 heavy (non-hydrogen) atoms. The molecule has 0 radical (unpaired) electrons. The van der Waals surface area contributed by atoms with E-state index in [1.165, 1.54) is 0 Å². The molecule has 1 heterocycles. The van der Waals surface area contributed by atoms with Crippen molar-refractivity contribution >= 4 is 0 Å². The molecule has 1 aromatic rings. The topological polar surface area (TPSA) is 56.5 Å². The normalized spacial score (nSPS) is 11.3. The lowest BCUT2D eigenvalue weighted by Crippen LogP contribution is -2.19. The highest BCUT2D eigenvalue weighted by Crippen LogP contribution is 2.05. The zero-order valence-corrected chi connectivity index (χ0v) is 10.9. The number of methoxy groups -OCH3 is 1. The van der Waals surface area contributed by atoms with Crippen LogP contribution >= 0.6 is 0 Å². The minimum absolute atomic E-state index is 0.445. The lowest BCUT2D eigenvalue weighted by Gasteiger charge is -2.04. The summed E-state index contributed by atoms with van der Waals surface area (Å²) in [6.07, 6.45) is 1.71. The van der Waals surface area contributed by atoms with Gasteiger partial charge in [0.2, 0.25) is 5.89 Å². The molecule has 0 aromatic carbocycles. The van der Waals surface area contributed by atoms with Gasteiger partial charge in [0.25, 0.3) is 0 Å². The van der Waals surface area contributed by atoms with E-state index in [4.69, 9.17) is 13.9 Å². The maximum atomic E-state index is 5.51. The zero-order valence-electron chi connectivity index (χ0n) is 10.9. The van der Waals surface area contributed by atoms with Crippen LogP contribution in [0.25, 0.3) is 0 Å². The molecule has 0 saturated carbocycles. The minimum atomic E-state index is 0.445. The van der Waals surface area contributed by atoms with Gasteiger partial charge in [-0.3, -0.25) is 0 Å². The van der Waals surface area contributed by atoms with Gasteiger partial charge >= 0.3 is 0 Å². The van der Waals surface area contributed by atoms with Crippen molar-refractivity contribution in [3.05, 3.63) is 17.8 Å². The molecule has 5 heteroatoms. The Hall–Kier alpha value is -0.910. The largest absolute Gasteiger partial charge is 0.442 e. The highest BCUT2D eigenvalue weighted by Gasteiger charge is 2.04. The molecule has 0 aliphatic carbocycles. The molecule has 98 valence electrons. The molecule has 0 fully saturated rings. The summed E-state index contributed by atoms with van der Waals surface area (Å²) in [5, 5.41) is 3.27. The summed E-state index contributed by atoms with van der Waals surface area (Å²) in [6, 6.07) is 0. The van der Waals surface area contributed by atoms with Crippen LogP contribution in [0.3, 0.4) is 0 Å². The fourth-order valence-electron chi connectivity index (χ4n) is 1.28. The van der Waals surface area contributed by atoms with Gasteiger partial charge in [0.05, 0.1) is 26.0 Å². The minimum Gasteiger partial charge on any atom is -0.442 e. The Labute approximate surface area is 103 Å². The Morgan fingerprint density at radius 2 is 2.24 bits per heavy atom. The molecule has 0 amide bonds. The van der Waals surface area contributed by atoms with Gasteiger partial charge in [-0.25, -0.2) is 4.98 Å². The van der Waals surface area contributed by atoms with E-state index < -0.39 is 0 Å². The second-order valence-corrected chi connectivity index (χ2v) is 4.29. The monoisotopic (exact) mass is 242 g/mol. The molecule has 0 saturated heterocycles. The first-order chi connectivity index (χ1) is 8.22. The highest BCUT2D eigenvalue weighted by atomic mass is 16.5. The summed E-state index contributed by atoms with van der Waals surface area (Å²) in [7, 11) is 1.65. The Bertz CT molecular complexity index is 300. The summed E-state index contributed by atoms with van der Waals surface area (Å²) < 4.78 is 15.7. The smallest absolute Gasteiger partial charge is 0.208 e. The second kappa shape index (κ2) is 8.22. The van der Waals surface area contributed by atoms with E-state index in [2.05, 4.69) is 24.1 Å². The second-order valence-electron chi connectivity index (χ2n) is 4.29. The van der Waals surface area contributed by atoms with Crippen LogP contribution in [0.4, 0.5) is 0 Å². The van der Waals surface area contributed by atoms with Crippen molar-refractivity contribution in [3.63, 3.8) is 0 Å². The summed E-state index contributed by atoms with van der Waals surface area (Å²) in [4.78, 5) is 4.17. The third kappa shape index (κ3) is 6.41. The highest BCUT2D eigenvalue weighted by molar-refractivity contribution is 4.92. The molecule has 5 nitrogen and oxygen atoms in total. The zero-order chi connectivity index (χ0) is 12.5. The number of hydrogen-bond acceptors (Lipinski definition) is 5. The molecule has 0 aliphatic heterocycles. The first kappa shape index (κ1) is 14.2. The van der Waals surface area contributed by atoms with Crippen LogP contribution in [-0.2, 0) is 22.6 Å². The van der Waals surface area contributed by atoms with Gasteiger partial charge in [0, 0.05) is 7.11 Å². The third-order valence-corrected chi connectivity index (χ3v) is 2.11. The first-order valence-corrected chi connectivity index (χ1v) is 5.93. The average molecular weight is 242 g/mol. The predicted molar refractivity (Wildman–Crippen MR) is 64.6 cm³/mol. The van der Waals surface area contributed by atoms with Crippen LogP contribution in [0.15, 0.2) is 10.6 Å². The van der Waals surface area contributed by atoms with Crippen LogP contribution in [-0.4, -0.2) is 31.9 Å². The van der Waals surface area contributed by atoms with Crippen LogP contribution in [0.5, 0.6) is 0 Å². The van der Waals surface area contributed by atoms with Gasteiger partial charge in [-0.05, 0) is 12.5 Å². The van der Waals surface area contributed by atoms with Gasteiger partial charge in [-0.1, -0.05) is 13.8 Å². The molecule has 1 rings (SSSR count). The molecule has 0 spiro atoms. The van der Waals surface area contributed by atoms with Crippen molar-refractivity contribution in [1.29, 1.82) is 0 Å². The summed E-state index contributed by atoms with van der Waals surface area (Å²) in [6.45, 7) is 7.56. The number of oxazole rings is 1. The maximum absolute atomic E-state index is 5.51. The predicted octanol–water partition coefficient (Wildman–Crippen LogP) is 1.58. The van der Waals surface area contributed by atoms with E-state index in [0.29, 0.717) is 38.2 Å². The van der Waals surface area contributed by atoms with Crippen molar-refractivity contribution in [1.82, 2.24) is 10.3 Å². The third-order valence-electron chi connectivity index (χ3n) is 2.11. The molecule has 1 aromatic heterocycles. The van der Waals surface area contributed by atoms with Gasteiger partial charge < -0.3 is 19.2 Å². The van der Waals surface area contributed by atoms with Crippen LogP contribution in [0.1, 0.15) is 25.5 Å². The van der Waals surface area contributed by atoms with Crippen LogP contribution in [0, 0.1) is 5.92 Å². The summed E-state index contributed by atoms with van der Waals surface area (Å²) in [5.74, 6) is 2.08. The molecular formula is C12H22N2O3. The maximum Gasteiger partial charge on any atom is 0.208 e. The molecular weight excluding hydrogens is 220 g/mol. The van der Waals surface area contributed by atoms with Crippen molar-refractivity contribution in [2.75, 3.05) is 26.9 Å². The van der Waals surface area contributed by atoms with E-state index in [-0.39, 0.29) is 0 Å². The molecule has 1 N–H and O–H groups in total. The lowest BCUT2D eigenvalue weighted by molar-refractivity contribution is 0.0533. The van der Waals surface area contributed by atoms with E-state index in [0.717, 1.165) is 12.3 Å². The van der Waals surface area contributed by atoms with Gasteiger partial charge in [0.15, 0.2) is 0 Å². The van der Waals surface area contributed by atoms with Gasteiger partial charge in [-0.2, -0.15) is 0 Å². The van der Waals surface area contributed by atoms with Crippen molar-refractivity contribution in [2.45, 2.75) is 27.0 Å². The fraction of sp³-hybridized carbons (Fsp3) is 0.750. The van der Waals surface area contributed by atoms with Gasteiger partial charge in [-0.15, -0.1) is 0 Å². The Kier molecular flexibility index (Phi) is 6.84. The summed E-state index contributed by atoms with van der Waals surface area (Å²) >= 11 is 0. The number of nitrogens with zero attached hydrogens (tertiary/aromatic N) is 1. The molecule has 0 unspecified atom stereocenters. The lowest BCUT2D eigenvalue weighted by atomic mass is 10.2. The SMILES string of the molecule is COCCOCc1cnc(CNCC(C)C)o1. The van der Waals surface area contributed by atoms with E-state index in [1.54, 1.807) is 13.3 Å². The Morgan fingerprint density at radius 1 is 1.41 bits per heavy atom. The van der Waals surface area contributed by atoms with Crippen molar-refractivity contribution in [3.8, 4) is 0 Å². The number of aromatic nitrogens is 1. The number of nitrogens with one attached hydrogen (secondary N) is 1. The van der Waals surface area contributed by atoms with Gasteiger partial charge in [0.1, 0.15) is 12.4 Å². The van der Waals surface area contributed by atoms with E-state index in [1.807, 2.05) is 0 Å². The Morgan fingerprint density at radius 3 is 2.94 bits per heavy atom. The fourth-order valence-corrected chi connectivity index (χ4v) is 1.28. The quantitative estimate of drug-likeness (QED) is 0.666. The van der Waals surface area contributed by atoms with Crippen molar-refractivity contribution in [2.24, 2.45) is 5.92 Å². The van der Waals surface area contributed by atoms with Crippen molar-refractivity contribution < 1.29 is 13.9 Å². The summed E-state index contributed by atoms with van der Waals surface area (Å²) in [5.41, 5.74) is 0. The number of hydrogen-bond donors (Lipinski definition) is 1. The number of ether oxygens (including phenoxy) is 2. The van der Waals surface area contributed by atoms with E-state index >= 15 is 0 Å².